The van der Waals surface area contributed by atoms with Crippen molar-refractivity contribution in [2.24, 2.45) is 0 Å². The lowest BCUT2D eigenvalue weighted by molar-refractivity contribution is 0.101. The molecule has 0 atom stereocenters. The van der Waals surface area contributed by atoms with Crippen molar-refractivity contribution < 1.29 is 9.59 Å². The monoisotopic (exact) mass is 337 g/mol. The minimum atomic E-state index is -0.0181. The quantitative estimate of drug-likeness (QED) is 0.873. The number of carbonyl (C=O) groups excluding carboxylic acids is 2. The van der Waals surface area contributed by atoms with Gasteiger partial charge in [0.1, 0.15) is 0 Å². The number of urea groups is 1. The first-order valence-corrected chi connectivity index (χ1v) is 8.56. The second-order valence-corrected chi connectivity index (χ2v) is 6.22. The Morgan fingerprint density at radius 3 is 2.16 bits per heavy atom. The number of nitrogens with one attached hydrogen (secondary N) is 1. The second kappa shape index (κ2) is 7.83. The summed E-state index contributed by atoms with van der Waals surface area (Å²) in [6, 6.07) is 17.6. The number of hydrogen-bond donors (Lipinski definition) is 1. The molecule has 1 saturated heterocycles. The number of benzene rings is 2. The zero-order valence-electron chi connectivity index (χ0n) is 14.4. The van der Waals surface area contributed by atoms with Gasteiger partial charge in [-0.25, -0.2) is 4.79 Å². The van der Waals surface area contributed by atoms with Crippen LogP contribution in [0.3, 0.4) is 0 Å². The Balaban J connectivity index is 1.49. The number of anilines is 1. The Bertz CT molecular complexity index is 720. The molecule has 1 N–H and O–H groups in total. The molecule has 1 aliphatic heterocycles. The molecule has 0 spiro atoms. The third-order valence-electron chi connectivity index (χ3n) is 4.49. The molecule has 0 aromatic heterocycles. The van der Waals surface area contributed by atoms with E-state index in [-0.39, 0.29) is 11.8 Å². The van der Waals surface area contributed by atoms with Crippen LogP contribution in [0, 0.1) is 0 Å². The Morgan fingerprint density at radius 2 is 1.56 bits per heavy atom. The lowest BCUT2D eigenvalue weighted by atomic mass is 10.1. The topological polar surface area (TPSA) is 52.7 Å². The number of carbonyl (C=O) groups is 2. The third kappa shape index (κ3) is 4.38. The van der Waals surface area contributed by atoms with Crippen LogP contribution in [0.25, 0.3) is 0 Å². The molecule has 0 radical (unpaired) electrons. The van der Waals surface area contributed by atoms with Crippen LogP contribution in [0.2, 0.25) is 0 Å². The second-order valence-electron chi connectivity index (χ2n) is 6.22. The molecule has 2 aromatic carbocycles. The first-order valence-electron chi connectivity index (χ1n) is 8.56. The van der Waals surface area contributed by atoms with Gasteiger partial charge in [0.05, 0.1) is 0 Å². The largest absolute Gasteiger partial charge is 0.368 e. The highest BCUT2D eigenvalue weighted by molar-refractivity contribution is 5.94. The maximum Gasteiger partial charge on any atom is 0.317 e. The third-order valence-corrected chi connectivity index (χ3v) is 4.49. The fourth-order valence-electron chi connectivity index (χ4n) is 2.96. The molecule has 2 amide bonds. The fourth-order valence-corrected chi connectivity index (χ4v) is 2.96. The molecule has 130 valence electrons. The molecule has 1 aliphatic rings. The zero-order chi connectivity index (χ0) is 17.6. The first-order chi connectivity index (χ1) is 12.1. The summed E-state index contributed by atoms with van der Waals surface area (Å²) < 4.78 is 0. The van der Waals surface area contributed by atoms with Gasteiger partial charge in [0.25, 0.3) is 0 Å². The summed E-state index contributed by atoms with van der Waals surface area (Å²) in [5, 5.41) is 2.97. The number of hydrogen-bond acceptors (Lipinski definition) is 3. The van der Waals surface area contributed by atoms with E-state index in [4.69, 9.17) is 0 Å². The maximum atomic E-state index is 12.3. The van der Waals surface area contributed by atoms with Crippen molar-refractivity contribution in [3.05, 3.63) is 65.7 Å². The number of amides is 2. The van der Waals surface area contributed by atoms with Gasteiger partial charge in [0.15, 0.2) is 5.78 Å². The van der Waals surface area contributed by atoms with Crippen LogP contribution in [0.4, 0.5) is 10.5 Å². The molecule has 1 heterocycles. The lowest BCUT2D eigenvalue weighted by Gasteiger charge is -2.36. The summed E-state index contributed by atoms with van der Waals surface area (Å²) >= 11 is 0. The predicted octanol–water partition coefficient (Wildman–Crippen LogP) is 2.92. The molecular weight excluding hydrogens is 314 g/mol. The molecule has 25 heavy (non-hydrogen) atoms. The summed E-state index contributed by atoms with van der Waals surface area (Å²) in [6.45, 7) is 5.08. The average molecular weight is 337 g/mol. The molecule has 3 rings (SSSR count). The van der Waals surface area contributed by atoms with Crippen LogP contribution in [0.15, 0.2) is 54.6 Å². The SMILES string of the molecule is CC(=O)c1ccc(N2CCN(C(=O)NCc3ccccc3)CC2)cc1. The van der Waals surface area contributed by atoms with Gasteiger partial charge in [0.2, 0.25) is 0 Å². The van der Waals surface area contributed by atoms with E-state index in [1.165, 1.54) is 0 Å². The van der Waals surface area contributed by atoms with Crippen LogP contribution >= 0.6 is 0 Å². The number of nitrogens with zero attached hydrogens (tertiary/aromatic N) is 2. The van der Waals surface area contributed by atoms with Gasteiger partial charge in [-0.3, -0.25) is 4.79 Å². The molecule has 0 saturated carbocycles. The van der Waals surface area contributed by atoms with Gasteiger partial charge in [-0.2, -0.15) is 0 Å². The van der Waals surface area contributed by atoms with Crippen molar-refractivity contribution in [1.82, 2.24) is 10.2 Å². The molecule has 1 fully saturated rings. The minimum Gasteiger partial charge on any atom is -0.368 e. The van der Waals surface area contributed by atoms with E-state index in [1.807, 2.05) is 59.5 Å². The highest BCUT2D eigenvalue weighted by Gasteiger charge is 2.21. The summed E-state index contributed by atoms with van der Waals surface area (Å²) in [5.41, 5.74) is 2.91. The van der Waals surface area contributed by atoms with Crippen molar-refractivity contribution in [3.8, 4) is 0 Å². The summed E-state index contributed by atoms with van der Waals surface area (Å²) in [6.07, 6.45) is 0. The first kappa shape index (κ1) is 17.0. The van der Waals surface area contributed by atoms with Gasteiger partial charge in [-0.05, 0) is 36.8 Å². The number of rotatable bonds is 4. The van der Waals surface area contributed by atoms with Gasteiger partial charge < -0.3 is 15.1 Å². The van der Waals surface area contributed by atoms with E-state index in [2.05, 4.69) is 10.2 Å². The van der Waals surface area contributed by atoms with Crippen molar-refractivity contribution in [1.29, 1.82) is 0 Å². The summed E-state index contributed by atoms with van der Waals surface area (Å²) in [4.78, 5) is 27.7. The summed E-state index contributed by atoms with van der Waals surface area (Å²) in [5.74, 6) is 0.0754. The molecule has 0 aliphatic carbocycles. The fraction of sp³-hybridized carbons (Fsp3) is 0.300. The number of ketones is 1. The highest BCUT2D eigenvalue weighted by Crippen LogP contribution is 2.17. The van der Waals surface area contributed by atoms with Crippen LogP contribution < -0.4 is 10.2 Å². The van der Waals surface area contributed by atoms with E-state index in [0.717, 1.165) is 29.9 Å². The normalized spacial score (nSPS) is 14.3. The Morgan fingerprint density at radius 1 is 0.920 bits per heavy atom. The van der Waals surface area contributed by atoms with Crippen molar-refractivity contribution in [2.75, 3.05) is 31.1 Å². The van der Waals surface area contributed by atoms with Crippen LogP contribution in [-0.4, -0.2) is 42.9 Å². The zero-order valence-corrected chi connectivity index (χ0v) is 14.4. The molecule has 2 aromatic rings. The van der Waals surface area contributed by atoms with Gasteiger partial charge >= 0.3 is 6.03 Å². The minimum absolute atomic E-state index is 0.0181. The highest BCUT2D eigenvalue weighted by atomic mass is 16.2. The molecule has 5 nitrogen and oxygen atoms in total. The van der Waals surface area contributed by atoms with Gasteiger partial charge in [-0.1, -0.05) is 30.3 Å². The Labute approximate surface area is 148 Å². The predicted molar refractivity (Wildman–Crippen MR) is 98.9 cm³/mol. The Hall–Kier alpha value is -2.82. The lowest BCUT2D eigenvalue weighted by Crippen LogP contribution is -2.51. The standard InChI is InChI=1S/C20H23N3O2/c1-16(24)18-7-9-19(10-8-18)22-11-13-23(14-12-22)20(25)21-15-17-5-3-2-4-6-17/h2-10H,11-15H2,1H3,(H,21,25). The smallest absolute Gasteiger partial charge is 0.317 e. The average Bonchev–Trinajstić information content (AvgIpc) is 2.67. The van der Waals surface area contributed by atoms with Crippen LogP contribution in [0.5, 0.6) is 0 Å². The number of Topliss-reactive ketones (excluding diaryl/α,β-unsaturated/α-hetero) is 1. The molecular formula is C20H23N3O2. The van der Waals surface area contributed by atoms with Crippen molar-refractivity contribution in [3.63, 3.8) is 0 Å². The summed E-state index contributed by atoms with van der Waals surface area (Å²) in [7, 11) is 0. The van der Waals surface area contributed by atoms with E-state index in [9.17, 15) is 9.59 Å². The van der Waals surface area contributed by atoms with E-state index >= 15 is 0 Å². The van der Waals surface area contributed by atoms with Crippen molar-refractivity contribution in [2.45, 2.75) is 13.5 Å². The van der Waals surface area contributed by atoms with E-state index in [1.54, 1.807) is 6.92 Å². The maximum absolute atomic E-state index is 12.3. The van der Waals surface area contributed by atoms with Gasteiger partial charge in [-0.15, -0.1) is 0 Å². The Kier molecular flexibility index (Phi) is 5.33. The van der Waals surface area contributed by atoms with E-state index in [0.29, 0.717) is 19.6 Å². The van der Waals surface area contributed by atoms with E-state index < -0.39 is 0 Å². The van der Waals surface area contributed by atoms with Crippen molar-refractivity contribution >= 4 is 17.5 Å². The van der Waals surface area contributed by atoms with Gasteiger partial charge in [0, 0.05) is 44.0 Å². The molecule has 0 bridgehead atoms. The van der Waals surface area contributed by atoms with Crippen LogP contribution in [0.1, 0.15) is 22.8 Å². The number of piperazine rings is 1. The van der Waals surface area contributed by atoms with Crippen LogP contribution in [-0.2, 0) is 6.54 Å². The molecule has 5 heteroatoms. The molecule has 0 unspecified atom stereocenters.